The molecule has 2 amide bonds. The summed E-state index contributed by atoms with van der Waals surface area (Å²) >= 11 is 0. The van der Waals surface area contributed by atoms with Crippen molar-refractivity contribution in [3.05, 3.63) is 77.9 Å². The second-order valence-corrected chi connectivity index (χ2v) is 10.7. The molecule has 8 nitrogen and oxygen atoms in total. The second-order valence-electron chi connectivity index (χ2n) is 8.71. The Labute approximate surface area is 200 Å². The first-order valence-electron chi connectivity index (χ1n) is 11.3. The Morgan fingerprint density at radius 2 is 1.94 bits per heavy atom. The van der Waals surface area contributed by atoms with E-state index < -0.39 is 16.3 Å². The number of hydrogen-bond donors (Lipinski definition) is 2. The smallest absolute Gasteiger partial charge is 0.251 e. The van der Waals surface area contributed by atoms with Crippen LogP contribution in [0.2, 0.25) is 0 Å². The maximum atomic E-state index is 13.1. The number of nitrogens with one attached hydrogen (secondary N) is 2. The molecule has 0 spiro atoms. The summed E-state index contributed by atoms with van der Waals surface area (Å²) < 4.78 is 33.4. The quantitative estimate of drug-likeness (QED) is 0.559. The van der Waals surface area contributed by atoms with Gasteiger partial charge in [-0.25, -0.2) is 8.42 Å². The van der Waals surface area contributed by atoms with Crippen LogP contribution in [-0.2, 0) is 26.0 Å². The van der Waals surface area contributed by atoms with Gasteiger partial charge in [0.15, 0.2) is 0 Å². The molecule has 2 aromatic rings. The molecule has 0 aliphatic carbocycles. The van der Waals surface area contributed by atoms with Crippen LogP contribution in [0.15, 0.2) is 66.1 Å². The van der Waals surface area contributed by atoms with E-state index in [1.165, 1.54) is 40.2 Å². The highest BCUT2D eigenvalue weighted by molar-refractivity contribution is 7.89. The van der Waals surface area contributed by atoms with Crippen molar-refractivity contribution in [2.75, 3.05) is 19.6 Å². The number of amides is 2. The lowest BCUT2D eigenvalue weighted by Gasteiger charge is -2.19. The molecular weight excluding hydrogens is 454 g/mol. The Morgan fingerprint density at radius 1 is 1.18 bits per heavy atom. The third-order valence-electron chi connectivity index (χ3n) is 6.23. The standard InChI is InChI=1S/C25H29N3O5S/c1-3-23(29)27-24-14-20-15-28(16-22(20)33-24)34(31,32)21-9-7-19(8-10-21)25(30)26-12-11-18-6-4-5-17(2)13-18/h3-10,13,20,22,24H,1,11-12,14-16H2,2H3,(H,26,30)(H,27,29). The molecule has 0 aromatic heterocycles. The minimum atomic E-state index is -3.71. The molecule has 180 valence electrons. The predicted molar refractivity (Wildman–Crippen MR) is 128 cm³/mol. The number of sulfonamides is 1. The lowest BCUT2D eigenvalue weighted by molar-refractivity contribution is -0.120. The lowest BCUT2D eigenvalue weighted by Crippen LogP contribution is -2.37. The summed E-state index contributed by atoms with van der Waals surface area (Å²) in [5.74, 6) is -0.537. The van der Waals surface area contributed by atoms with Gasteiger partial charge in [-0.05, 0) is 55.7 Å². The van der Waals surface area contributed by atoms with Gasteiger partial charge in [0.05, 0.1) is 11.0 Å². The van der Waals surface area contributed by atoms with E-state index in [4.69, 9.17) is 4.74 Å². The van der Waals surface area contributed by atoms with Gasteiger partial charge in [-0.3, -0.25) is 9.59 Å². The van der Waals surface area contributed by atoms with Crippen molar-refractivity contribution in [1.29, 1.82) is 0 Å². The minimum absolute atomic E-state index is 0.0170. The van der Waals surface area contributed by atoms with Gasteiger partial charge in [0, 0.05) is 31.1 Å². The van der Waals surface area contributed by atoms with Gasteiger partial charge in [0.2, 0.25) is 15.9 Å². The first-order chi connectivity index (χ1) is 16.3. The maximum Gasteiger partial charge on any atom is 0.251 e. The van der Waals surface area contributed by atoms with Crippen LogP contribution >= 0.6 is 0 Å². The number of carbonyl (C=O) groups excluding carboxylic acids is 2. The SMILES string of the molecule is C=CC(=O)NC1CC2CN(S(=O)(=O)c3ccc(C(=O)NCCc4cccc(C)c4)cc3)CC2O1. The number of carbonyl (C=O) groups is 2. The highest BCUT2D eigenvalue weighted by atomic mass is 32.2. The molecule has 34 heavy (non-hydrogen) atoms. The summed E-state index contributed by atoms with van der Waals surface area (Å²) in [6.07, 6.45) is 1.77. The number of benzene rings is 2. The molecule has 2 saturated heterocycles. The highest BCUT2D eigenvalue weighted by Gasteiger charge is 2.46. The third kappa shape index (κ3) is 5.38. The van der Waals surface area contributed by atoms with E-state index >= 15 is 0 Å². The van der Waals surface area contributed by atoms with Gasteiger partial charge < -0.3 is 15.4 Å². The van der Waals surface area contributed by atoms with Crippen LogP contribution in [0, 0.1) is 12.8 Å². The van der Waals surface area contributed by atoms with Crippen molar-refractivity contribution in [3.63, 3.8) is 0 Å². The lowest BCUT2D eigenvalue weighted by atomic mass is 10.1. The molecule has 0 saturated carbocycles. The number of nitrogens with zero attached hydrogens (tertiary/aromatic N) is 1. The molecule has 2 aliphatic heterocycles. The van der Waals surface area contributed by atoms with E-state index in [-0.39, 0.29) is 35.3 Å². The molecule has 0 bridgehead atoms. The molecule has 2 fully saturated rings. The van der Waals surface area contributed by atoms with Crippen LogP contribution in [0.5, 0.6) is 0 Å². The average Bonchev–Trinajstić information content (AvgIpc) is 3.38. The van der Waals surface area contributed by atoms with Crippen molar-refractivity contribution in [1.82, 2.24) is 14.9 Å². The predicted octanol–water partition coefficient (Wildman–Crippen LogP) is 2.01. The zero-order valence-corrected chi connectivity index (χ0v) is 19.9. The molecule has 9 heteroatoms. The number of hydrogen-bond acceptors (Lipinski definition) is 5. The van der Waals surface area contributed by atoms with Crippen molar-refractivity contribution in [2.24, 2.45) is 5.92 Å². The van der Waals surface area contributed by atoms with E-state index in [9.17, 15) is 18.0 Å². The van der Waals surface area contributed by atoms with Crippen LogP contribution in [-0.4, -0.2) is 56.5 Å². The Hall–Kier alpha value is -3.01. The summed E-state index contributed by atoms with van der Waals surface area (Å²) in [5.41, 5.74) is 2.73. The zero-order valence-electron chi connectivity index (χ0n) is 19.1. The molecule has 4 rings (SSSR count). The normalized spacial score (nSPS) is 22.2. The van der Waals surface area contributed by atoms with E-state index in [0.717, 1.165) is 12.0 Å². The van der Waals surface area contributed by atoms with Crippen molar-refractivity contribution in [3.8, 4) is 0 Å². The van der Waals surface area contributed by atoms with Crippen LogP contribution in [0.4, 0.5) is 0 Å². The van der Waals surface area contributed by atoms with E-state index in [1.54, 1.807) is 0 Å². The van der Waals surface area contributed by atoms with E-state index in [1.807, 2.05) is 25.1 Å². The Kier molecular flexibility index (Phi) is 7.16. The van der Waals surface area contributed by atoms with Crippen LogP contribution in [0.1, 0.15) is 27.9 Å². The minimum Gasteiger partial charge on any atom is -0.354 e. The Morgan fingerprint density at radius 3 is 2.62 bits per heavy atom. The number of fused-ring (bicyclic) bond motifs is 1. The van der Waals surface area contributed by atoms with Gasteiger partial charge in [-0.1, -0.05) is 36.4 Å². The summed E-state index contributed by atoms with van der Waals surface area (Å²) in [5, 5.41) is 5.58. The van der Waals surface area contributed by atoms with Crippen LogP contribution in [0.25, 0.3) is 0 Å². The summed E-state index contributed by atoms with van der Waals surface area (Å²) in [6, 6.07) is 14.1. The molecule has 3 unspecified atom stereocenters. The summed E-state index contributed by atoms with van der Waals surface area (Å²) in [4.78, 5) is 24.1. The second kappa shape index (κ2) is 10.1. The van der Waals surface area contributed by atoms with E-state index in [2.05, 4.69) is 23.3 Å². The van der Waals surface area contributed by atoms with Crippen molar-refractivity contribution < 1.29 is 22.7 Å². The van der Waals surface area contributed by atoms with Gasteiger partial charge in [-0.2, -0.15) is 4.31 Å². The molecule has 2 N–H and O–H groups in total. The van der Waals surface area contributed by atoms with Gasteiger partial charge >= 0.3 is 0 Å². The van der Waals surface area contributed by atoms with Gasteiger partial charge in [0.25, 0.3) is 5.91 Å². The molecular formula is C25H29N3O5S. The van der Waals surface area contributed by atoms with Crippen molar-refractivity contribution in [2.45, 2.75) is 37.0 Å². The van der Waals surface area contributed by atoms with Crippen LogP contribution < -0.4 is 10.6 Å². The highest BCUT2D eigenvalue weighted by Crippen LogP contribution is 2.34. The monoisotopic (exact) mass is 483 g/mol. The molecule has 2 aliphatic rings. The largest absolute Gasteiger partial charge is 0.354 e. The number of aryl methyl sites for hydroxylation is 1. The fourth-order valence-electron chi connectivity index (χ4n) is 4.45. The first-order valence-corrected chi connectivity index (χ1v) is 12.7. The zero-order chi connectivity index (χ0) is 24.3. The fraction of sp³-hybridized carbons (Fsp3) is 0.360. The van der Waals surface area contributed by atoms with E-state index in [0.29, 0.717) is 25.1 Å². The third-order valence-corrected chi connectivity index (χ3v) is 8.07. The topological polar surface area (TPSA) is 105 Å². The average molecular weight is 484 g/mol. The molecule has 2 heterocycles. The van der Waals surface area contributed by atoms with Gasteiger partial charge in [0.1, 0.15) is 6.23 Å². The Bertz CT molecular complexity index is 1170. The fourth-order valence-corrected chi connectivity index (χ4v) is 5.96. The first kappa shape index (κ1) is 24.1. The van der Waals surface area contributed by atoms with Crippen LogP contribution in [0.3, 0.4) is 0 Å². The summed E-state index contributed by atoms with van der Waals surface area (Å²) in [7, 11) is -3.71. The maximum absolute atomic E-state index is 13.1. The van der Waals surface area contributed by atoms with Crippen molar-refractivity contribution >= 4 is 21.8 Å². The number of rotatable bonds is 8. The molecule has 3 atom stereocenters. The van der Waals surface area contributed by atoms with Gasteiger partial charge in [-0.15, -0.1) is 0 Å². The molecule has 2 aromatic carbocycles. The summed E-state index contributed by atoms with van der Waals surface area (Å²) in [6.45, 7) is 6.50. The Balaban J connectivity index is 1.31. The number of ether oxygens (including phenoxy) is 1. The molecule has 0 radical (unpaired) electrons.